The topological polar surface area (TPSA) is 30.5 Å². The number of ether oxygens (including phenoxy) is 2. The summed E-state index contributed by atoms with van der Waals surface area (Å²) in [4.78, 5) is 0. The highest BCUT2D eigenvalue weighted by molar-refractivity contribution is 6.31. The summed E-state index contributed by atoms with van der Waals surface area (Å²) in [6.07, 6.45) is 1.05. The maximum atomic E-state index is 13.1. The van der Waals surface area contributed by atoms with E-state index in [1.807, 2.05) is 18.2 Å². The number of rotatable bonds is 8. The van der Waals surface area contributed by atoms with Gasteiger partial charge in [-0.15, -0.1) is 12.4 Å². The summed E-state index contributed by atoms with van der Waals surface area (Å²) in [7, 11) is 1.61. The van der Waals surface area contributed by atoms with E-state index in [-0.39, 0.29) is 24.8 Å². The van der Waals surface area contributed by atoms with E-state index in [0.29, 0.717) is 29.1 Å². The van der Waals surface area contributed by atoms with Gasteiger partial charge in [-0.1, -0.05) is 36.7 Å². The van der Waals surface area contributed by atoms with E-state index in [0.717, 1.165) is 17.5 Å². The minimum Gasteiger partial charge on any atom is -0.493 e. The Bertz CT molecular complexity index is 682. The molecule has 0 saturated carbocycles. The van der Waals surface area contributed by atoms with E-state index in [2.05, 4.69) is 19.2 Å². The van der Waals surface area contributed by atoms with Crippen molar-refractivity contribution in [3.05, 3.63) is 58.4 Å². The maximum absolute atomic E-state index is 13.1. The second-order valence-electron chi connectivity index (χ2n) is 5.66. The van der Waals surface area contributed by atoms with Crippen LogP contribution in [0.5, 0.6) is 11.5 Å². The summed E-state index contributed by atoms with van der Waals surface area (Å²) in [5.41, 5.74) is 1.73. The van der Waals surface area contributed by atoms with Crippen molar-refractivity contribution in [3.8, 4) is 11.5 Å². The molecule has 0 fully saturated rings. The Hall–Kier alpha value is -1.49. The third-order valence-electron chi connectivity index (χ3n) is 3.92. The van der Waals surface area contributed by atoms with E-state index < -0.39 is 0 Å². The van der Waals surface area contributed by atoms with Gasteiger partial charge in [-0.2, -0.15) is 0 Å². The monoisotopic (exact) mass is 387 g/mol. The van der Waals surface area contributed by atoms with Crippen LogP contribution in [0.3, 0.4) is 0 Å². The van der Waals surface area contributed by atoms with Gasteiger partial charge in [0.2, 0.25) is 0 Å². The third kappa shape index (κ3) is 6.07. The van der Waals surface area contributed by atoms with Crippen LogP contribution in [-0.4, -0.2) is 13.2 Å². The first-order valence-electron chi connectivity index (χ1n) is 8.01. The van der Waals surface area contributed by atoms with Gasteiger partial charge in [0.05, 0.1) is 12.1 Å². The SMILES string of the molecule is CCC(C)NCc1cccc(OC)c1OCc1ccc(F)cc1Cl.Cl. The number of halogens is 3. The third-order valence-corrected chi connectivity index (χ3v) is 4.27. The predicted molar refractivity (Wildman–Crippen MR) is 103 cm³/mol. The number of para-hydroxylation sites is 1. The van der Waals surface area contributed by atoms with Gasteiger partial charge in [-0.05, 0) is 31.5 Å². The van der Waals surface area contributed by atoms with E-state index in [4.69, 9.17) is 21.1 Å². The Labute approximate surface area is 159 Å². The van der Waals surface area contributed by atoms with Gasteiger partial charge in [0.1, 0.15) is 12.4 Å². The molecule has 0 amide bonds. The first-order chi connectivity index (χ1) is 11.5. The lowest BCUT2D eigenvalue weighted by atomic mass is 10.1. The molecule has 2 rings (SSSR count). The molecule has 0 aliphatic heterocycles. The van der Waals surface area contributed by atoms with Gasteiger partial charge in [0, 0.05) is 23.7 Å². The van der Waals surface area contributed by atoms with Gasteiger partial charge >= 0.3 is 0 Å². The summed E-state index contributed by atoms with van der Waals surface area (Å²) < 4.78 is 24.5. The van der Waals surface area contributed by atoms with Crippen LogP contribution < -0.4 is 14.8 Å². The van der Waals surface area contributed by atoms with Gasteiger partial charge in [0.25, 0.3) is 0 Å². The second-order valence-corrected chi connectivity index (χ2v) is 6.07. The van der Waals surface area contributed by atoms with Crippen molar-refractivity contribution >= 4 is 24.0 Å². The zero-order valence-electron chi connectivity index (χ0n) is 14.6. The van der Waals surface area contributed by atoms with Crippen molar-refractivity contribution in [1.82, 2.24) is 5.32 Å². The lowest BCUT2D eigenvalue weighted by Gasteiger charge is -2.17. The lowest BCUT2D eigenvalue weighted by Crippen LogP contribution is -2.24. The molecule has 138 valence electrons. The predicted octanol–water partition coefficient (Wildman–Crippen LogP) is 5.38. The fourth-order valence-electron chi connectivity index (χ4n) is 2.24. The molecule has 3 nitrogen and oxygen atoms in total. The average molecular weight is 388 g/mol. The molecular weight excluding hydrogens is 364 g/mol. The molecule has 0 aliphatic carbocycles. The smallest absolute Gasteiger partial charge is 0.166 e. The number of benzene rings is 2. The van der Waals surface area contributed by atoms with E-state index >= 15 is 0 Å². The molecule has 0 radical (unpaired) electrons. The van der Waals surface area contributed by atoms with Crippen LogP contribution in [0.1, 0.15) is 31.4 Å². The number of methoxy groups -OCH3 is 1. The lowest BCUT2D eigenvalue weighted by molar-refractivity contribution is 0.280. The zero-order valence-corrected chi connectivity index (χ0v) is 16.2. The van der Waals surface area contributed by atoms with Crippen LogP contribution in [0, 0.1) is 5.82 Å². The van der Waals surface area contributed by atoms with E-state index in [9.17, 15) is 4.39 Å². The summed E-state index contributed by atoms with van der Waals surface area (Å²) in [5, 5.41) is 3.80. The molecule has 0 spiro atoms. The Balaban J connectivity index is 0.00000312. The molecule has 0 heterocycles. The van der Waals surface area contributed by atoms with Crippen LogP contribution in [0.4, 0.5) is 4.39 Å². The molecule has 25 heavy (non-hydrogen) atoms. The highest BCUT2D eigenvalue weighted by Gasteiger charge is 2.12. The van der Waals surface area contributed by atoms with Crippen molar-refractivity contribution in [2.24, 2.45) is 0 Å². The van der Waals surface area contributed by atoms with Gasteiger partial charge in [-0.25, -0.2) is 4.39 Å². The molecule has 1 unspecified atom stereocenters. The zero-order chi connectivity index (χ0) is 17.5. The summed E-state index contributed by atoms with van der Waals surface area (Å²) in [6.45, 7) is 5.20. The van der Waals surface area contributed by atoms with Crippen LogP contribution in [0.2, 0.25) is 5.02 Å². The Morgan fingerprint density at radius 2 is 1.96 bits per heavy atom. The summed E-state index contributed by atoms with van der Waals surface area (Å²) >= 11 is 6.07. The van der Waals surface area contributed by atoms with Gasteiger partial charge in [-0.3, -0.25) is 0 Å². The molecule has 0 saturated heterocycles. The average Bonchev–Trinajstić information content (AvgIpc) is 2.59. The fraction of sp³-hybridized carbons (Fsp3) is 0.368. The fourth-order valence-corrected chi connectivity index (χ4v) is 2.46. The second kappa shape index (κ2) is 10.5. The van der Waals surface area contributed by atoms with Crippen molar-refractivity contribution in [2.45, 2.75) is 39.5 Å². The number of hydrogen-bond acceptors (Lipinski definition) is 3. The Kier molecular flexibility index (Phi) is 9.04. The van der Waals surface area contributed by atoms with Crippen molar-refractivity contribution in [1.29, 1.82) is 0 Å². The largest absolute Gasteiger partial charge is 0.493 e. The minimum absolute atomic E-state index is 0. The van der Waals surface area contributed by atoms with Crippen molar-refractivity contribution in [3.63, 3.8) is 0 Å². The van der Waals surface area contributed by atoms with Crippen LogP contribution in [0.25, 0.3) is 0 Å². The molecule has 2 aromatic carbocycles. The molecular formula is C19H24Cl2FNO2. The Morgan fingerprint density at radius 1 is 1.20 bits per heavy atom. The van der Waals surface area contributed by atoms with Gasteiger partial charge < -0.3 is 14.8 Å². The maximum Gasteiger partial charge on any atom is 0.166 e. The quantitative estimate of drug-likeness (QED) is 0.659. The first kappa shape index (κ1) is 21.6. The number of hydrogen-bond donors (Lipinski definition) is 1. The Morgan fingerprint density at radius 3 is 2.60 bits per heavy atom. The van der Waals surface area contributed by atoms with Crippen molar-refractivity contribution < 1.29 is 13.9 Å². The summed E-state index contributed by atoms with van der Waals surface area (Å²) in [6, 6.07) is 10.5. The summed E-state index contributed by atoms with van der Waals surface area (Å²) in [5.74, 6) is 0.979. The van der Waals surface area contributed by atoms with Crippen LogP contribution in [0.15, 0.2) is 36.4 Å². The minimum atomic E-state index is -0.362. The van der Waals surface area contributed by atoms with Gasteiger partial charge in [0.15, 0.2) is 11.5 Å². The van der Waals surface area contributed by atoms with Crippen LogP contribution in [-0.2, 0) is 13.2 Å². The van der Waals surface area contributed by atoms with Crippen molar-refractivity contribution in [2.75, 3.05) is 7.11 Å². The standard InChI is InChI=1S/C19H23ClFNO2.ClH/c1-4-13(2)22-11-14-6-5-7-18(23-3)19(14)24-12-15-8-9-16(21)10-17(15)20;/h5-10,13,22H,4,11-12H2,1-3H3;1H. The molecule has 1 atom stereocenters. The normalized spacial score (nSPS) is 11.6. The molecule has 0 aliphatic rings. The molecule has 0 bridgehead atoms. The molecule has 6 heteroatoms. The van der Waals surface area contributed by atoms with E-state index in [1.54, 1.807) is 13.2 Å². The van der Waals surface area contributed by atoms with Crippen LogP contribution >= 0.6 is 24.0 Å². The van der Waals surface area contributed by atoms with E-state index in [1.165, 1.54) is 12.1 Å². The first-order valence-corrected chi connectivity index (χ1v) is 8.39. The highest BCUT2D eigenvalue weighted by atomic mass is 35.5. The molecule has 1 N–H and O–H groups in total. The highest BCUT2D eigenvalue weighted by Crippen LogP contribution is 2.32. The number of nitrogens with one attached hydrogen (secondary N) is 1. The molecule has 2 aromatic rings. The molecule has 0 aromatic heterocycles.